The minimum Gasteiger partial charge on any atom is -0.478 e. The van der Waals surface area contributed by atoms with Crippen LogP contribution in [0.3, 0.4) is 0 Å². The van der Waals surface area contributed by atoms with E-state index in [1.165, 1.54) is 20.4 Å². The zero-order valence-electron chi connectivity index (χ0n) is 61.3. The van der Waals surface area contributed by atoms with Gasteiger partial charge in [0.05, 0.1) is 23.8 Å². The number of rotatable bonds is 13. The summed E-state index contributed by atoms with van der Waals surface area (Å²) in [7, 11) is 1.93. The van der Waals surface area contributed by atoms with Crippen molar-refractivity contribution in [2.24, 2.45) is 0 Å². The molecule has 3 aliphatic rings. The van der Waals surface area contributed by atoms with Gasteiger partial charge in [-0.2, -0.15) is 20.8 Å². The lowest BCUT2D eigenvalue weighted by molar-refractivity contribution is -0.555. The van der Waals surface area contributed by atoms with E-state index < -0.39 is 18.2 Å². The number of alkyl carbamates (subject to hydrolysis) is 1. The quantitative estimate of drug-likeness (QED) is 0.0324. The number of aromatic carboxylic acids is 1. The molecular weight excluding hydrogens is 1350 g/mol. The van der Waals surface area contributed by atoms with Crippen molar-refractivity contribution in [2.45, 2.75) is 137 Å². The van der Waals surface area contributed by atoms with Gasteiger partial charge in [-0.25, -0.2) is 14.4 Å². The van der Waals surface area contributed by atoms with Crippen LogP contribution in [0.2, 0.25) is 5.02 Å². The first-order valence-electron chi connectivity index (χ1n) is 35.4. The number of aryl methyl sites for hydroxylation is 1. The summed E-state index contributed by atoms with van der Waals surface area (Å²) < 4.78 is 13.5. The second-order valence-electron chi connectivity index (χ2n) is 26.8. The van der Waals surface area contributed by atoms with Crippen molar-refractivity contribution in [1.82, 2.24) is 15.3 Å². The van der Waals surface area contributed by atoms with E-state index in [-0.39, 0.29) is 71.6 Å². The van der Waals surface area contributed by atoms with Crippen LogP contribution in [0.25, 0.3) is 44.4 Å². The van der Waals surface area contributed by atoms with Crippen molar-refractivity contribution in [3.63, 3.8) is 0 Å². The lowest BCUT2D eigenvalue weighted by atomic mass is 9.88. The smallest absolute Gasteiger partial charge is 0.435 e. The number of hydrogen-bond donors (Lipinski definition) is 7. The minimum absolute atomic E-state index is 0.00359. The van der Waals surface area contributed by atoms with Gasteiger partial charge in [0.25, 0.3) is 0 Å². The van der Waals surface area contributed by atoms with Crippen LogP contribution in [0.5, 0.6) is 0 Å². The van der Waals surface area contributed by atoms with Crippen LogP contribution < -0.4 is 46.3 Å². The van der Waals surface area contributed by atoms with Gasteiger partial charge in [0.15, 0.2) is 0 Å². The van der Waals surface area contributed by atoms with E-state index in [0.29, 0.717) is 28.7 Å². The highest BCUT2D eigenvalue weighted by molar-refractivity contribution is 6.30. The largest absolute Gasteiger partial charge is 0.478 e. The number of halogens is 1. The molecule has 20 nitrogen and oxygen atoms in total. The monoisotopic (exact) mass is 1440 g/mol. The minimum atomic E-state index is -0.949. The topological polar surface area (TPSA) is 255 Å². The highest BCUT2D eigenvalue weighted by atomic mass is 35.5. The van der Waals surface area contributed by atoms with Crippen molar-refractivity contribution in [1.29, 1.82) is 10.8 Å². The maximum absolute atomic E-state index is 12.6. The Balaban J connectivity index is 0.000000156. The fraction of sp³-hybridized carbons (Fsp3) is 0.259. The van der Waals surface area contributed by atoms with Crippen LogP contribution in [0.15, 0.2) is 218 Å². The second kappa shape index (κ2) is 35.2. The van der Waals surface area contributed by atoms with Crippen molar-refractivity contribution >= 4 is 87.0 Å². The van der Waals surface area contributed by atoms with Crippen molar-refractivity contribution < 1.29 is 47.9 Å². The highest BCUT2D eigenvalue weighted by Gasteiger charge is 2.36. The van der Waals surface area contributed by atoms with E-state index in [2.05, 4.69) is 77.7 Å². The number of ether oxygens (including phenoxy) is 2. The number of amides is 5. The van der Waals surface area contributed by atoms with Gasteiger partial charge in [-0.15, -0.1) is 4.68 Å². The molecule has 1 aromatic heterocycles. The Kier molecular flexibility index (Phi) is 25.5. The predicted molar refractivity (Wildman–Crippen MR) is 419 cm³/mol. The maximum atomic E-state index is 12.6. The van der Waals surface area contributed by atoms with Gasteiger partial charge in [-0.3, -0.25) is 14.4 Å². The average Bonchev–Trinajstić information content (AvgIpc) is 0.764. The number of benzene rings is 9. The summed E-state index contributed by atoms with van der Waals surface area (Å²) in [5, 5.41) is 37.3. The second-order valence-corrected chi connectivity index (χ2v) is 27.3. The first-order valence-corrected chi connectivity index (χ1v) is 35.8. The number of aromatic nitrogens is 2. The van der Waals surface area contributed by atoms with Gasteiger partial charge in [0, 0.05) is 91.1 Å². The first kappa shape index (κ1) is 76.9. The highest BCUT2D eigenvalue weighted by Crippen LogP contribution is 2.43. The molecule has 1 unspecified atom stereocenters. The molecular formula is C85H91ClN11O9+. The van der Waals surface area contributed by atoms with E-state index in [1.807, 2.05) is 189 Å². The Morgan fingerprint density at radius 2 is 1.09 bits per heavy atom. The standard InChI is InChI=1S/C25H23ClN2O3.C24H21N5O2.C24H31N3O3.C12H15NO/c1-15-13-23(27-21-10-8-20(26)9-11-21)22-14-19(7-12-24(22)28(15)16(2)29)17-3-5-18(6-4-17)25(30)31;1-17(25)28-21-15-9-8-14-20(21)22(19-12-6-3-7-13-19)29(23(28)26)27-24(30)31-16-18-10-4-2-5-11-18;1-15(2)30-24(29)26-22-12-16(3)27(17(4)28)23-11-10-20(13-21(22)23)19-8-6-18(7-9-19)14-25-5;1-9-7-8-11-5-3-4-6-12(11)13(9)10(2)14/h3-12,14-15,23,27H,13H2,1-2H3,(H,30,31);2-15,25-26H,16H2,1H3;6-11,13,15-16,22,25H,12,14H2,1-5H3,(H,26,29);3-6,9H,7-8H2,1-2H3/p+1/t15-,23+;;16-,22+;/m0.0./s1. The molecule has 4 heterocycles. The summed E-state index contributed by atoms with van der Waals surface area (Å²) in [5.41, 5.74) is 18.2. The number of para-hydroxylation sites is 2. The molecule has 13 rings (SSSR count). The lowest BCUT2D eigenvalue weighted by Gasteiger charge is -2.39. The van der Waals surface area contributed by atoms with Gasteiger partial charge in [0.1, 0.15) is 17.8 Å². The molecule has 21 heteroatoms. The molecule has 0 spiro atoms. The maximum Gasteiger partial charge on any atom is 0.435 e. The number of carbonyl (C=O) groups is 6. The first-order chi connectivity index (χ1) is 50.9. The molecule has 9 aromatic carbocycles. The van der Waals surface area contributed by atoms with E-state index >= 15 is 0 Å². The summed E-state index contributed by atoms with van der Waals surface area (Å²) >= 11 is 6.02. The third-order valence-corrected chi connectivity index (χ3v) is 19.0. The number of carbonyl (C=O) groups excluding carboxylic acids is 5. The fourth-order valence-corrected chi connectivity index (χ4v) is 14.1. The van der Waals surface area contributed by atoms with Gasteiger partial charge in [0.2, 0.25) is 23.6 Å². The Bertz CT molecular complexity index is 4880. The van der Waals surface area contributed by atoms with Crippen LogP contribution in [0.4, 0.5) is 32.3 Å². The molecule has 7 N–H and O–H groups in total. The Morgan fingerprint density at radius 1 is 0.575 bits per heavy atom. The molecule has 0 saturated carbocycles. The number of hydrogen-bond acceptors (Lipinski definition) is 12. The normalized spacial score (nSPS) is 16.1. The molecule has 0 fully saturated rings. The third-order valence-electron chi connectivity index (χ3n) is 18.7. The predicted octanol–water partition coefficient (Wildman–Crippen LogP) is 16.6. The number of carboxylic acid groups (broad SMARTS) is 1. The third kappa shape index (κ3) is 18.6. The van der Waals surface area contributed by atoms with Crippen LogP contribution >= 0.6 is 11.6 Å². The summed E-state index contributed by atoms with van der Waals surface area (Å²) in [4.78, 5) is 77.8. The van der Waals surface area contributed by atoms with Crippen molar-refractivity contribution in [3.05, 3.63) is 262 Å². The Morgan fingerprint density at radius 3 is 1.66 bits per heavy atom. The summed E-state index contributed by atoms with van der Waals surface area (Å²) in [6.45, 7) is 17.1. The molecule has 0 saturated heterocycles. The molecule has 5 atom stereocenters. The molecule has 106 heavy (non-hydrogen) atoms. The van der Waals surface area contributed by atoms with Gasteiger partial charge >= 0.3 is 23.8 Å². The molecule has 0 radical (unpaired) electrons. The van der Waals surface area contributed by atoms with Gasteiger partial charge in [-0.1, -0.05) is 151 Å². The van der Waals surface area contributed by atoms with Crippen LogP contribution in [-0.2, 0) is 43.4 Å². The van der Waals surface area contributed by atoms with E-state index in [4.69, 9.17) is 37.0 Å². The van der Waals surface area contributed by atoms with Crippen LogP contribution in [0.1, 0.15) is 132 Å². The van der Waals surface area contributed by atoms with Crippen molar-refractivity contribution in [3.8, 4) is 33.5 Å². The van der Waals surface area contributed by atoms with E-state index in [0.717, 1.165) is 98.5 Å². The number of nitrogens with one attached hydrogen (secondary N) is 6. The molecule has 0 bridgehead atoms. The number of fused-ring (bicyclic) bond motifs is 4. The fourth-order valence-electron chi connectivity index (χ4n) is 13.9. The number of anilines is 4. The van der Waals surface area contributed by atoms with Crippen LogP contribution in [0, 0.1) is 10.8 Å². The number of carboxylic acids is 1. The van der Waals surface area contributed by atoms with Crippen molar-refractivity contribution in [2.75, 3.05) is 32.5 Å². The molecule has 10 aromatic rings. The van der Waals surface area contributed by atoms with Gasteiger partial charge in [-0.05, 0) is 196 Å². The summed E-state index contributed by atoms with van der Waals surface area (Å²) in [6.07, 6.45) is 2.22. The SMILES string of the molecule is CC(=N)[n+]1c(=N)n(NC(=O)OCc2ccccc2)c(-c2ccccc2)c2ccccc21.CC(=O)N1c2ccc(-c3ccc(C(=O)O)cc3)cc2[C@H](Nc2ccc(Cl)cc2)C[C@@H]1C.CC(=O)N1c2ccccc2CCC1C.CNCc1ccc(-c2ccc3c(c2)[C@H](NC(=O)OC(C)C)C[C@H](C)N3C(C)=O)cc1. The average molecular weight is 1450 g/mol. The molecule has 0 aliphatic carbocycles. The van der Waals surface area contributed by atoms with E-state index in [9.17, 15) is 28.8 Å². The van der Waals surface area contributed by atoms with Crippen LogP contribution in [-0.4, -0.2) is 82.8 Å². The Labute approximate surface area is 623 Å². The zero-order chi connectivity index (χ0) is 75.9. The van der Waals surface area contributed by atoms with Gasteiger partial charge < -0.3 is 45.2 Å². The molecule has 5 amide bonds. The number of nitrogens with zero attached hydrogens (tertiary/aromatic N) is 5. The Hall–Kier alpha value is -11.7. The summed E-state index contributed by atoms with van der Waals surface area (Å²) in [5.74, 6) is -0.637. The molecule has 3 aliphatic heterocycles. The lowest BCUT2D eigenvalue weighted by Crippen LogP contribution is -2.61. The zero-order valence-corrected chi connectivity index (χ0v) is 62.1. The summed E-state index contributed by atoms with van der Waals surface area (Å²) in [6, 6.07) is 69.7. The van der Waals surface area contributed by atoms with E-state index in [1.54, 1.807) is 56.9 Å². The molecule has 546 valence electrons.